The molecule has 3 N–H and O–H groups in total. The van der Waals surface area contributed by atoms with E-state index in [-0.39, 0.29) is 0 Å². The lowest BCUT2D eigenvalue weighted by atomic mass is 10.1. The number of fused-ring (bicyclic) bond motifs is 2. The van der Waals surface area contributed by atoms with Crippen molar-refractivity contribution in [2.45, 2.75) is 0 Å². The van der Waals surface area contributed by atoms with E-state index in [0.29, 0.717) is 11.5 Å². The minimum Gasteiger partial charge on any atom is -0.496 e. The summed E-state index contributed by atoms with van der Waals surface area (Å²) in [5, 5.41) is 8.47. The molecule has 0 aliphatic heterocycles. The van der Waals surface area contributed by atoms with Gasteiger partial charge in [0.2, 0.25) is 0 Å². The third kappa shape index (κ3) is 1.11. The van der Waals surface area contributed by atoms with Gasteiger partial charge in [-0.1, -0.05) is 6.07 Å². The summed E-state index contributed by atoms with van der Waals surface area (Å²) in [4.78, 5) is 4.43. The van der Waals surface area contributed by atoms with Crippen molar-refractivity contribution in [1.82, 2.24) is 15.2 Å². The molecular formula is C11H10N4O. The number of hydrogen-bond acceptors (Lipinski definition) is 4. The zero-order valence-electron chi connectivity index (χ0n) is 8.69. The van der Waals surface area contributed by atoms with Crippen molar-refractivity contribution in [1.29, 1.82) is 0 Å². The van der Waals surface area contributed by atoms with Crippen LogP contribution in [-0.2, 0) is 0 Å². The van der Waals surface area contributed by atoms with Gasteiger partial charge in [-0.25, -0.2) is 4.98 Å². The average Bonchev–Trinajstić information content (AvgIpc) is 2.67. The molecule has 0 radical (unpaired) electrons. The Balaban J connectivity index is 2.48. The van der Waals surface area contributed by atoms with Gasteiger partial charge in [-0.3, -0.25) is 5.10 Å². The number of methoxy groups -OCH3 is 1. The van der Waals surface area contributed by atoms with Gasteiger partial charge in [-0.15, -0.1) is 0 Å². The fraction of sp³-hybridized carbons (Fsp3) is 0.0909. The number of nitrogens with one attached hydrogen (secondary N) is 1. The first-order chi connectivity index (χ1) is 7.79. The predicted molar refractivity (Wildman–Crippen MR) is 62.4 cm³/mol. The van der Waals surface area contributed by atoms with Crippen molar-refractivity contribution in [3.8, 4) is 5.75 Å². The highest BCUT2D eigenvalue weighted by molar-refractivity contribution is 5.98. The number of ether oxygens (including phenoxy) is 1. The molecule has 1 aromatic carbocycles. The van der Waals surface area contributed by atoms with Crippen LogP contribution in [0.4, 0.5) is 5.82 Å². The number of H-pyrrole nitrogens is 1. The second-order valence-corrected chi connectivity index (χ2v) is 3.52. The molecule has 5 nitrogen and oxygen atoms in total. The van der Waals surface area contributed by atoms with Crippen molar-refractivity contribution < 1.29 is 4.74 Å². The molecule has 0 bridgehead atoms. The zero-order valence-corrected chi connectivity index (χ0v) is 8.69. The summed E-state index contributed by atoms with van der Waals surface area (Å²) in [7, 11) is 1.64. The van der Waals surface area contributed by atoms with E-state index in [0.717, 1.165) is 22.0 Å². The van der Waals surface area contributed by atoms with Gasteiger partial charge in [0.25, 0.3) is 0 Å². The predicted octanol–water partition coefficient (Wildman–Crippen LogP) is 1.70. The maximum atomic E-state index is 5.74. The summed E-state index contributed by atoms with van der Waals surface area (Å²) in [6.45, 7) is 0. The van der Waals surface area contributed by atoms with E-state index >= 15 is 0 Å². The van der Waals surface area contributed by atoms with Gasteiger partial charge in [0.05, 0.1) is 18.0 Å². The Morgan fingerprint density at radius 1 is 1.31 bits per heavy atom. The van der Waals surface area contributed by atoms with Crippen molar-refractivity contribution in [3.05, 3.63) is 24.3 Å². The Labute approximate surface area is 91.2 Å². The molecule has 5 heteroatoms. The third-order valence-corrected chi connectivity index (χ3v) is 2.60. The van der Waals surface area contributed by atoms with Crippen LogP contribution in [0.25, 0.3) is 21.9 Å². The summed E-state index contributed by atoms with van der Waals surface area (Å²) >= 11 is 0. The van der Waals surface area contributed by atoms with Gasteiger partial charge in [0, 0.05) is 5.39 Å². The van der Waals surface area contributed by atoms with Gasteiger partial charge in [0.15, 0.2) is 11.5 Å². The standard InChI is InChI=1S/C11H10N4O/c1-16-9-4-2-3-8-6(9)5-7-10(12)14-15-11(7)13-8/h2-5H,1H3,(H3,12,13,14,15). The number of hydrogen-bond donors (Lipinski definition) is 2. The maximum absolute atomic E-state index is 5.74. The molecule has 0 saturated carbocycles. The molecule has 2 heterocycles. The fourth-order valence-corrected chi connectivity index (χ4v) is 1.80. The Bertz CT molecular complexity index is 674. The molecule has 16 heavy (non-hydrogen) atoms. The summed E-state index contributed by atoms with van der Waals surface area (Å²) in [5.41, 5.74) is 7.29. The molecule has 0 aliphatic carbocycles. The number of aromatic amines is 1. The molecule has 0 amide bonds. The number of pyridine rings is 1. The molecule has 0 fully saturated rings. The minimum absolute atomic E-state index is 0.454. The lowest BCUT2D eigenvalue weighted by Gasteiger charge is -2.04. The van der Waals surface area contributed by atoms with Crippen molar-refractivity contribution >= 4 is 27.8 Å². The molecule has 0 aliphatic rings. The number of nitrogens with two attached hydrogens (primary N) is 1. The molecule has 0 saturated heterocycles. The summed E-state index contributed by atoms with van der Waals surface area (Å²) in [6.07, 6.45) is 0. The number of anilines is 1. The Morgan fingerprint density at radius 3 is 3.00 bits per heavy atom. The molecule has 0 spiro atoms. The Hall–Kier alpha value is -2.30. The molecule has 0 unspecified atom stereocenters. The van der Waals surface area contributed by atoms with Crippen LogP contribution >= 0.6 is 0 Å². The quantitative estimate of drug-likeness (QED) is 0.646. The van der Waals surface area contributed by atoms with Crippen molar-refractivity contribution in [2.24, 2.45) is 0 Å². The van der Waals surface area contributed by atoms with Gasteiger partial charge in [-0.05, 0) is 18.2 Å². The molecule has 80 valence electrons. The number of rotatable bonds is 1. The monoisotopic (exact) mass is 214 g/mol. The van der Waals surface area contributed by atoms with Crippen LogP contribution in [-0.4, -0.2) is 22.3 Å². The van der Waals surface area contributed by atoms with E-state index in [4.69, 9.17) is 10.5 Å². The van der Waals surface area contributed by atoms with E-state index in [1.54, 1.807) is 7.11 Å². The zero-order chi connectivity index (χ0) is 11.1. The largest absolute Gasteiger partial charge is 0.496 e. The van der Waals surface area contributed by atoms with Crippen LogP contribution < -0.4 is 10.5 Å². The maximum Gasteiger partial charge on any atom is 0.158 e. The Morgan fingerprint density at radius 2 is 2.19 bits per heavy atom. The lowest BCUT2D eigenvalue weighted by Crippen LogP contribution is -1.88. The molecule has 3 aromatic rings. The van der Waals surface area contributed by atoms with E-state index in [1.165, 1.54) is 0 Å². The van der Waals surface area contributed by atoms with Gasteiger partial charge >= 0.3 is 0 Å². The highest BCUT2D eigenvalue weighted by Gasteiger charge is 2.08. The smallest absolute Gasteiger partial charge is 0.158 e. The second-order valence-electron chi connectivity index (χ2n) is 3.52. The van der Waals surface area contributed by atoms with Gasteiger partial charge in [0.1, 0.15) is 5.75 Å². The summed E-state index contributed by atoms with van der Waals surface area (Å²) in [6, 6.07) is 7.66. The molecule has 2 aromatic heterocycles. The van der Waals surface area contributed by atoms with Crippen molar-refractivity contribution in [2.75, 3.05) is 12.8 Å². The van der Waals surface area contributed by atoms with E-state index in [1.807, 2.05) is 24.3 Å². The van der Waals surface area contributed by atoms with Crippen LogP contribution in [0.5, 0.6) is 5.75 Å². The third-order valence-electron chi connectivity index (χ3n) is 2.60. The average molecular weight is 214 g/mol. The minimum atomic E-state index is 0.454. The van der Waals surface area contributed by atoms with E-state index in [2.05, 4.69) is 15.2 Å². The number of nitrogens with zero attached hydrogens (tertiary/aromatic N) is 2. The van der Waals surface area contributed by atoms with Crippen LogP contribution in [0.3, 0.4) is 0 Å². The second kappa shape index (κ2) is 3.10. The highest BCUT2D eigenvalue weighted by Crippen LogP contribution is 2.28. The number of benzene rings is 1. The molecular weight excluding hydrogens is 204 g/mol. The van der Waals surface area contributed by atoms with Crippen LogP contribution in [0.1, 0.15) is 0 Å². The molecule has 0 atom stereocenters. The first kappa shape index (κ1) is 8.96. The van der Waals surface area contributed by atoms with E-state index in [9.17, 15) is 0 Å². The van der Waals surface area contributed by atoms with E-state index < -0.39 is 0 Å². The van der Waals surface area contributed by atoms with Crippen LogP contribution in [0.15, 0.2) is 24.3 Å². The van der Waals surface area contributed by atoms with Crippen molar-refractivity contribution in [3.63, 3.8) is 0 Å². The Kier molecular flexibility index (Phi) is 1.73. The van der Waals surface area contributed by atoms with Crippen LogP contribution in [0.2, 0.25) is 0 Å². The molecule has 3 rings (SSSR count). The van der Waals surface area contributed by atoms with Gasteiger partial charge < -0.3 is 10.5 Å². The first-order valence-corrected chi connectivity index (χ1v) is 4.87. The summed E-state index contributed by atoms with van der Waals surface area (Å²) in [5.74, 6) is 1.24. The highest BCUT2D eigenvalue weighted by atomic mass is 16.5. The number of nitrogen functional groups attached to an aromatic ring is 1. The lowest BCUT2D eigenvalue weighted by molar-refractivity contribution is 0.420. The fourth-order valence-electron chi connectivity index (χ4n) is 1.80. The van der Waals surface area contributed by atoms with Gasteiger partial charge in [-0.2, -0.15) is 5.10 Å². The number of aromatic nitrogens is 3. The topological polar surface area (TPSA) is 76.8 Å². The van der Waals surface area contributed by atoms with Crippen LogP contribution in [0, 0.1) is 0 Å². The first-order valence-electron chi connectivity index (χ1n) is 4.87. The normalized spacial score (nSPS) is 11.1. The summed E-state index contributed by atoms with van der Waals surface area (Å²) < 4.78 is 5.28. The SMILES string of the molecule is COc1cccc2nc3[nH]nc(N)c3cc12.